The molecule has 0 aliphatic heterocycles. The van der Waals surface area contributed by atoms with E-state index in [4.69, 9.17) is 10.7 Å². The molecule has 1 heterocycles. The van der Waals surface area contributed by atoms with Gasteiger partial charge in [-0.2, -0.15) is 0 Å². The van der Waals surface area contributed by atoms with Gasteiger partial charge in [-0.15, -0.1) is 0 Å². The van der Waals surface area contributed by atoms with Gasteiger partial charge in [0.25, 0.3) is 5.91 Å². The Hall–Kier alpha value is -4.39. The van der Waals surface area contributed by atoms with E-state index < -0.39 is 5.91 Å². The van der Waals surface area contributed by atoms with E-state index in [2.05, 4.69) is 11.9 Å². The highest BCUT2D eigenvalue weighted by atomic mass is 16.2. The van der Waals surface area contributed by atoms with E-state index >= 15 is 0 Å². The van der Waals surface area contributed by atoms with Crippen molar-refractivity contribution in [1.82, 2.24) is 9.55 Å². The van der Waals surface area contributed by atoms with Crippen LogP contribution in [-0.2, 0) is 11.3 Å². The number of carbonyl (C=O) groups is 2. The van der Waals surface area contributed by atoms with Gasteiger partial charge in [0.15, 0.2) is 0 Å². The summed E-state index contributed by atoms with van der Waals surface area (Å²) in [5.74, 6) is -0.0138. The standard InChI is InChI=1S/C26H25N5O2/c1-18(19-9-5-3-6-10-19)28-26-29-22-17-20(13-14-23(22)31(26)16-15-24(27)32)25(33)30(2)21-11-7-4-8-12-21/h3-14,17H,1,15-16H2,2H3,(H2,27,32)(H,28,29). The van der Waals surface area contributed by atoms with Gasteiger partial charge in [0.2, 0.25) is 11.9 Å². The van der Waals surface area contributed by atoms with E-state index in [1.165, 1.54) is 0 Å². The van der Waals surface area contributed by atoms with Crippen molar-refractivity contribution in [1.29, 1.82) is 0 Å². The number of rotatable bonds is 8. The number of carbonyl (C=O) groups excluding carboxylic acids is 2. The van der Waals surface area contributed by atoms with Gasteiger partial charge in [0.1, 0.15) is 0 Å². The van der Waals surface area contributed by atoms with Crippen LogP contribution in [-0.4, -0.2) is 28.4 Å². The summed E-state index contributed by atoms with van der Waals surface area (Å²) in [6.45, 7) is 4.47. The number of nitrogens with two attached hydrogens (primary N) is 1. The van der Waals surface area contributed by atoms with Crippen molar-refractivity contribution >= 4 is 40.2 Å². The molecule has 4 aromatic rings. The minimum atomic E-state index is -0.402. The Morgan fingerprint density at radius 2 is 1.67 bits per heavy atom. The molecule has 3 N–H and O–H groups in total. The number of para-hydroxylation sites is 1. The Balaban J connectivity index is 1.68. The first-order valence-corrected chi connectivity index (χ1v) is 10.6. The number of hydrogen-bond acceptors (Lipinski definition) is 4. The number of primary amides is 1. The van der Waals surface area contributed by atoms with Crippen molar-refractivity contribution in [3.8, 4) is 0 Å². The Bertz CT molecular complexity index is 1310. The van der Waals surface area contributed by atoms with Crippen LogP contribution in [0.1, 0.15) is 22.3 Å². The van der Waals surface area contributed by atoms with E-state index in [9.17, 15) is 9.59 Å². The molecule has 7 heteroatoms. The number of benzene rings is 3. The molecule has 0 spiro atoms. The summed E-state index contributed by atoms with van der Waals surface area (Å²) in [5, 5.41) is 3.25. The number of nitrogens with zero attached hydrogens (tertiary/aromatic N) is 3. The van der Waals surface area contributed by atoms with Crippen LogP contribution in [0.3, 0.4) is 0 Å². The molecule has 2 amide bonds. The van der Waals surface area contributed by atoms with Gasteiger partial charge < -0.3 is 20.5 Å². The van der Waals surface area contributed by atoms with Crippen molar-refractivity contribution in [3.63, 3.8) is 0 Å². The van der Waals surface area contributed by atoms with Gasteiger partial charge in [-0.3, -0.25) is 9.59 Å². The van der Waals surface area contributed by atoms with Crippen LogP contribution in [0, 0.1) is 0 Å². The average molecular weight is 440 g/mol. The Kier molecular flexibility index (Phi) is 6.22. The fourth-order valence-corrected chi connectivity index (χ4v) is 3.62. The van der Waals surface area contributed by atoms with Crippen LogP contribution >= 0.6 is 0 Å². The number of imidazole rings is 1. The van der Waals surface area contributed by atoms with Crippen LogP contribution in [0.2, 0.25) is 0 Å². The summed E-state index contributed by atoms with van der Waals surface area (Å²) in [7, 11) is 1.74. The number of hydrogen-bond donors (Lipinski definition) is 2. The second-order valence-corrected chi connectivity index (χ2v) is 7.68. The summed E-state index contributed by atoms with van der Waals surface area (Å²) in [6.07, 6.45) is 0.162. The van der Waals surface area contributed by atoms with Crippen molar-refractivity contribution in [2.45, 2.75) is 13.0 Å². The molecule has 0 saturated carbocycles. The predicted molar refractivity (Wildman–Crippen MR) is 132 cm³/mol. The summed E-state index contributed by atoms with van der Waals surface area (Å²) < 4.78 is 1.88. The average Bonchev–Trinajstić information content (AvgIpc) is 3.18. The number of anilines is 2. The molecule has 0 radical (unpaired) electrons. The van der Waals surface area contributed by atoms with E-state index in [0.29, 0.717) is 29.3 Å². The number of aromatic nitrogens is 2. The molecule has 0 unspecified atom stereocenters. The summed E-state index contributed by atoms with van der Waals surface area (Å²) in [6, 6.07) is 24.5. The highest BCUT2D eigenvalue weighted by Crippen LogP contribution is 2.25. The number of aryl methyl sites for hydroxylation is 1. The highest BCUT2D eigenvalue weighted by Gasteiger charge is 2.18. The first-order valence-electron chi connectivity index (χ1n) is 10.6. The lowest BCUT2D eigenvalue weighted by Crippen LogP contribution is -2.26. The Morgan fingerprint density at radius 1 is 1.00 bits per heavy atom. The molecule has 33 heavy (non-hydrogen) atoms. The van der Waals surface area contributed by atoms with Crippen molar-refractivity contribution in [2.24, 2.45) is 5.73 Å². The zero-order valence-corrected chi connectivity index (χ0v) is 18.4. The van der Waals surface area contributed by atoms with Crippen LogP contribution in [0.25, 0.3) is 16.7 Å². The summed E-state index contributed by atoms with van der Waals surface area (Å²) in [5.41, 5.74) is 9.72. The van der Waals surface area contributed by atoms with Gasteiger partial charge >= 0.3 is 0 Å². The molecule has 0 fully saturated rings. The summed E-state index contributed by atoms with van der Waals surface area (Å²) >= 11 is 0. The smallest absolute Gasteiger partial charge is 0.258 e. The van der Waals surface area contributed by atoms with Gasteiger partial charge in [-0.25, -0.2) is 4.98 Å². The molecule has 166 valence electrons. The maximum absolute atomic E-state index is 13.1. The molecule has 4 rings (SSSR count). The second kappa shape index (κ2) is 9.40. The monoisotopic (exact) mass is 439 g/mol. The lowest BCUT2D eigenvalue weighted by Gasteiger charge is -2.17. The molecule has 1 aromatic heterocycles. The molecule has 0 aliphatic rings. The van der Waals surface area contributed by atoms with E-state index in [1.807, 2.05) is 71.3 Å². The molecule has 0 atom stereocenters. The first-order chi connectivity index (χ1) is 15.9. The Labute approximate surface area is 192 Å². The third kappa shape index (κ3) is 4.77. The van der Waals surface area contributed by atoms with Gasteiger partial charge in [0, 0.05) is 37.0 Å². The van der Waals surface area contributed by atoms with Gasteiger partial charge in [-0.1, -0.05) is 55.1 Å². The molecule has 0 bridgehead atoms. The molecular formula is C26H25N5O2. The zero-order chi connectivity index (χ0) is 23.4. The van der Waals surface area contributed by atoms with E-state index in [0.717, 1.165) is 16.8 Å². The number of nitrogens with one attached hydrogen (secondary N) is 1. The van der Waals surface area contributed by atoms with Gasteiger partial charge in [-0.05, 0) is 35.9 Å². The van der Waals surface area contributed by atoms with E-state index in [-0.39, 0.29) is 12.3 Å². The van der Waals surface area contributed by atoms with Crippen LogP contribution in [0.4, 0.5) is 11.6 Å². The minimum Gasteiger partial charge on any atom is -0.370 e. The largest absolute Gasteiger partial charge is 0.370 e. The first kappa shape index (κ1) is 21.8. The van der Waals surface area contributed by atoms with Crippen molar-refractivity contribution in [3.05, 3.63) is 96.6 Å². The van der Waals surface area contributed by atoms with Crippen LogP contribution in [0.15, 0.2) is 85.4 Å². The SMILES string of the molecule is C=C(Nc1nc2cc(C(=O)N(C)c3ccccc3)ccc2n1CCC(N)=O)c1ccccc1. The zero-order valence-electron chi connectivity index (χ0n) is 18.4. The fourth-order valence-electron chi connectivity index (χ4n) is 3.62. The lowest BCUT2D eigenvalue weighted by atomic mass is 10.1. The normalized spacial score (nSPS) is 10.7. The topological polar surface area (TPSA) is 93.2 Å². The van der Waals surface area contributed by atoms with Crippen molar-refractivity contribution in [2.75, 3.05) is 17.3 Å². The molecular weight excluding hydrogens is 414 g/mol. The van der Waals surface area contributed by atoms with Gasteiger partial charge in [0.05, 0.1) is 11.0 Å². The third-order valence-electron chi connectivity index (χ3n) is 5.41. The number of amides is 2. The molecule has 0 aliphatic carbocycles. The molecule has 3 aromatic carbocycles. The minimum absolute atomic E-state index is 0.141. The molecule has 0 saturated heterocycles. The van der Waals surface area contributed by atoms with Crippen LogP contribution in [0.5, 0.6) is 0 Å². The van der Waals surface area contributed by atoms with E-state index in [1.54, 1.807) is 24.1 Å². The third-order valence-corrected chi connectivity index (χ3v) is 5.41. The lowest BCUT2D eigenvalue weighted by molar-refractivity contribution is -0.118. The quantitative estimate of drug-likeness (QED) is 0.429. The second-order valence-electron chi connectivity index (χ2n) is 7.68. The maximum atomic E-state index is 13.1. The predicted octanol–water partition coefficient (Wildman–Crippen LogP) is 4.27. The Morgan fingerprint density at radius 3 is 2.33 bits per heavy atom. The number of fused-ring (bicyclic) bond motifs is 1. The highest BCUT2D eigenvalue weighted by molar-refractivity contribution is 6.07. The maximum Gasteiger partial charge on any atom is 0.258 e. The van der Waals surface area contributed by atoms with Crippen molar-refractivity contribution < 1.29 is 9.59 Å². The summed E-state index contributed by atoms with van der Waals surface area (Å²) in [4.78, 5) is 30.8. The fraction of sp³-hybridized carbons (Fsp3) is 0.115. The molecule has 7 nitrogen and oxygen atoms in total. The van der Waals surface area contributed by atoms with Crippen LogP contribution < -0.4 is 16.0 Å².